The second-order valence-corrected chi connectivity index (χ2v) is 9.02. The van der Waals surface area contributed by atoms with Crippen LogP contribution >= 0.6 is 0 Å². The standard InChI is InChI=1S/C26H44N2O9/c1-22(29)27-23-6-8-24(9-7-23)36-21-20-35-19-18-34-17-16-33-15-14-32-13-12-31-11-10-28(5)25(30)37-26(2,3)4/h6-9H,10-21H2,1-5H3,(H,27,29). The zero-order valence-electron chi connectivity index (χ0n) is 22.9. The summed E-state index contributed by atoms with van der Waals surface area (Å²) in [5, 5.41) is 2.70. The van der Waals surface area contributed by atoms with E-state index >= 15 is 0 Å². The molecule has 0 saturated carbocycles. The van der Waals surface area contributed by atoms with Crippen molar-refractivity contribution in [1.82, 2.24) is 4.90 Å². The number of carbonyl (C=O) groups excluding carboxylic acids is 2. The molecule has 11 nitrogen and oxygen atoms in total. The lowest BCUT2D eigenvalue weighted by atomic mass is 10.2. The predicted molar refractivity (Wildman–Crippen MR) is 139 cm³/mol. The third kappa shape index (κ3) is 19.4. The Morgan fingerprint density at radius 1 is 0.730 bits per heavy atom. The zero-order valence-corrected chi connectivity index (χ0v) is 22.9. The number of nitrogens with one attached hydrogen (secondary N) is 1. The van der Waals surface area contributed by atoms with Crippen LogP contribution in [0.15, 0.2) is 24.3 Å². The third-order valence-electron chi connectivity index (χ3n) is 4.44. The quantitative estimate of drug-likeness (QED) is 0.255. The Balaban J connectivity index is 1.81. The molecule has 0 aliphatic heterocycles. The molecule has 0 radical (unpaired) electrons. The maximum atomic E-state index is 11.8. The highest BCUT2D eigenvalue weighted by Gasteiger charge is 2.19. The Kier molecular flexibility index (Phi) is 17.3. The van der Waals surface area contributed by atoms with Crippen LogP contribution in [0, 0.1) is 0 Å². The van der Waals surface area contributed by atoms with Gasteiger partial charge in [0.15, 0.2) is 0 Å². The van der Waals surface area contributed by atoms with Gasteiger partial charge in [-0.1, -0.05) is 0 Å². The fourth-order valence-electron chi connectivity index (χ4n) is 2.67. The number of anilines is 1. The zero-order chi connectivity index (χ0) is 27.4. The summed E-state index contributed by atoms with van der Waals surface area (Å²) in [6, 6.07) is 7.16. The number of nitrogens with zero attached hydrogens (tertiary/aromatic N) is 1. The molecule has 1 N–H and O–H groups in total. The highest BCUT2D eigenvalue weighted by atomic mass is 16.6. The van der Waals surface area contributed by atoms with E-state index in [1.165, 1.54) is 11.8 Å². The molecule has 2 amide bonds. The van der Waals surface area contributed by atoms with E-state index in [4.69, 9.17) is 33.2 Å². The molecular weight excluding hydrogens is 484 g/mol. The van der Waals surface area contributed by atoms with E-state index in [1.807, 2.05) is 20.8 Å². The van der Waals surface area contributed by atoms with Crippen molar-refractivity contribution in [1.29, 1.82) is 0 Å². The van der Waals surface area contributed by atoms with Crippen LogP contribution in [0.1, 0.15) is 27.7 Å². The molecule has 212 valence electrons. The van der Waals surface area contributed by atoms with Crippen molar-refractivity contribution in [2.75, 3.05) is 91.6 Å². The first-order valence-corrected chi connectivity index (χ1v) is 12.5. The van der Waals surface area contributed by atoms with Crippen LogP contribution in [-0.2, 0) is 33.2 Å². The van der Waals surface area contributed by atoms with Crippen molar-refractivity contribution in [3.63, 3.8) is 0 Å². The molecular formula is C26H44N2O9. The summed E-state index contributed by atoms with van der Waals surface area (Å²) in [7, 11) is 1.68. The van der Waals surface area contributed by atoms with Gasteiger partial charge in [-0.2, -0.15) is 0 Å². The molecule has 37 heavy (non-hydrogen) atoms. The Labute approximate surface area is 220 Å². The number of likely N-dealkylation sites (N-methyl/N-ethyl adjacent to an activating group) is 1. The van der Waals surface area contributed by atoms with E-state index in [0.29, 0.717) is 85.0 Å². The summed E-state index contributed by atoms with van der Waals surface area (Å²) in [5.41, 5.74) is 0.221. The van der Waals surface area contributed by atoms with Gasteiger partial charge < -0.3 is 43.4 Å². The van der Waals surface area contributed by atoms with Crippen molar-refractivity contribution in [2.45, 2.75) is 33.3 Å². The van der Waals surface area contributed by atoms with Gasteiger partial charge in [-0.3, -0.25) is 4.79 Å². The molecule has 0 atom stereocenters. The van der Waals surface area contributed by atoms with Gasteiger partial charge in [0.1, 0.15) is 18.0 Å². The lowest BCUT2D eigenvalue weighted by Crippen LogP contribution is -2.36. The SMILES string of the molecule is CC(=O)Nc1ccc(OCCOCCOCCOCCOCCOCCN(C)C(=O)OC(C)(C)C)cc1. The molecule has 0 heterocycles. The average molecular weight is 529 g/mol. The maximum Gasteiger partial charge on any atom is 0.410 e. The Bertz CT molecular complexity index is 739. The highest BCUT2D eigenvalue weighted by Crippen LogP contribution is 2.15. The summed E-state index contributed by atoms with van der Waals surface area (Å²) in [6.07, 6.45) is -0.366. The Hall–Kier alpha value is -2.44. The van der Waals surface area contributed by atoms with Crippen LogP contribution < -0.4 is 10.1 Å². The number of amides is 2. The highest BCUT2D eigenvalue weighted by molar-refractivity contribution is 5.88. The average Bonchev–Trinajstić information content (AvgIpc) is 2.82. The van der Waals surface area contributed by atoms with Crippen LogP contribution in [0.5, 0.6) is 5.75 Å². The molecule has 11 heteroatoms. The summed E-state index contributed by atoms with van der Waals surface area (Å²) >= 11 is 0. The van der Waals surface area contributed by atoms with Gasteiger partial charge in [0, 0.05) is 26.2 Å². The van der Waals surface area contributed by atoms with E-state index in [9.17, 15) is 9.59 Å². The molecule has 0 aliphatic carbocycles. The molecule has 1 rings (SSSR count). The molecule has 0 aromatic heterocycles. The van der Waals surface area contributed by atoms with Crippen LogP contribution in [0.25, 0.3) is 0 Å². The fraction of sp³-hybridized carbons (Fsp3) is 0.692. The second kappa shape index (κ2) is 19.6. The lowest BCUT2D eigenvalue weighted by molar-refractivity contribution is -0.114. The van der Waals surface area contributed by atoms with Crippen LogP contribution in [0.3, 0.4) is 0 Å². The van der Waals surface area contributed by atoms with E-state index in [0.717, 1.165) is 5.69 Å². The number of benzene rings is 1. The summed E-state index contributed by atoms with van der Waals surface area (Å²) in [4.78, 5) is 24.3. The van der Waals surface area contributed by atoms with Gasteiger partial charge in [-0.15, -0.1) is 0 Å². The van der Waals surface area contributed by atoms with Crippen molar-refractivity contribution >= 4 is 17.7 Å². The largest absolute Gasteiger partial charge is 0.491 e. The van der Waals surface area contributed by atoms with Crippen LogP contribution in [0.4, 0.5) is 10.5 Å². The molecule has 0 fully saturated rings. The van der Waals surface area contributed by atoms with E-state index < -0.39 is 5.60 Å². The number of hydrogen-bond acceptors (Lipinski definition) is 9. The Morgan fingerprint density at radius 2 is 1.16 bits per heavy atom. The molecule has 0 saturated heterocycles. The van der Waals surface area contributed by atoms with E-state index in [1.54, 1.807) is 31.3 Å². The molecule has 1 aromatic carbocycles. The normalized spacial score (nSPS) is 11.3. The minimum atomic E-state index is -0.508. The van der Waals surface area contributed by atoms with E-state index in [-0.39, 0.29) is 12.0 Å². The van der Waals surface area contributed by atoms with Gasteiger partial charge >= 0.3 is 6.09 Å². The van der Waals surface area contributed by atoms with Gasteiger partial charge in [0.2, 0.25) is 5.91 Å². The van der Waals surface area contributed by atoms with Crippen LogP contribution in [-0.4, -0.2) is 109 Å². The lowest BCUT2D eigenvalue weighted by Gasteiger charge is -2.24. The van der Waals surface area contributed by atoms with E-state index in [2.05, 4.69) is 5.32 Å². The number of carbonyl (C=O) groups is 2. The molecule has 0 unspecified atom stereocenters. The van der Waals surface area contributed by atoms with Crippen LogP contribution in [0.2, 0.25) is 0 Å². The number of rotatable bonds is 20. The minimum absolute atomic E-state index is 0.110. The second-order valence-electron chi connectivity index (χ2n) is 9.02. The van der Waals surface area contributed by atoms with Gasteiger partial charge in [-0.25, -0.2) is 4.79 Å². The van der Waals surface area contributed by atoms with Crippen molar-refractivity contribution in [3.8, 4) is 5.75 Å². The van der Waals surface area contributed by atoms with Gasteiger partial charge in [0.25, 0.3) is 0 Å². The first-order valence-electron chi connectivity index (χ1n) is 12.5. The first kappa shape index (κ1) is 32.6. The summed E-state index contributed by atoms with van der Waals surface area (Å²) < 4.78 is 38.1. The van der Waals surface area contributed by atoms with Crippen molar-refractivity contribution in [2.24, 2.45) is 0 Å². The number of ether oxygens (including phenoxy) is 7. The third-order valence-corrected chi connectivity index (χ3v) is 4.44. The topological polar surface area (TPSA) is 114 Å². The monoisotopic (exact) mass is 528 g/mol. The van der Waals surface area contributed by atoms with Gasteiger partial charge in [-0.05, 0) is 45.0 Å². The fourth-order valence-corrected chi connectivity index (χ4v) is 2.67. The maximum absolute atomic E-state index is 11.8. The number of hydrogen-bond donors (Lipinski definition) is 1. The molecule has 1 aromatic rings. The predicted octanol–water partition coefficient (Wildman–Crippen LogP) is 2.97. The van der Waals surface area contributed by atoms with Crippen molar-refractivity contribution < 1.29 is 42.7 Å². The van der Waals surface area contributed by atoms with Crippen molar-refractivity contribution in [3.05, 3.63) is 24.3 Å². The smallest absolute Gasteiger partial charge is 0.410 e. The first-order chi connectivity index (χ1) is 17.7. The molecule has 0 spiro atoms. The summed E-state index contributed by atoms with van der Waals surface area (Å²) in [5.74, 6) is 0.604. The molecule has 0 bridgehead atoms. The molecule has 0 aliphatic rings. The summed E-state index contributed by atoms with van der Waals surface area (Å²) in [6.45, 7) is 12.5. The minimum Gasteiger partial charge on any atom is -0.491 e. The Morgan fingerprint density at radius 3 is 1.59 bits per heavy atom. The van der Waals surface area contributed by atoms with Gasteiger partial charge in [0.05, 0.1) is 66.1 Å².